The Kier molecular flexibility index (Phi) is 6.55. The smallest absolute Gasteiger partial charge is 0.228 e. The van der Waals surface area contributed by atoms with Crippen molar-refractivity contribution >= 4 is 17.3 Å². The van der Waals surface area contributed by atoms with Crippen LogP contribution >= 0.6 is 0 Å². The maximum Gasteiger partial charge on any atom is 0.228 e. The molecule has 0 saturated heterocycles. The van der Waals surface area contributed by atoms with E-state index in [9.17, 15) is 4.79 Å². The van der Waals surface area contributed by atoms with E-state index in [4.69, 9.17) is 14.2 Å². The summed E-state index contributed by atoms with van der Waals surface area (Å²) in [4.78, 5) is 12.6. The Labute approximate surface area is 160 Å². The maximum absolute atomic E-state index is 12.6. The number of amides is 1. The van der Waals surface area contributed by atoms with Crippen LogP contribution in [-0.2, 0) is 11.2 Å². The van der Waals surface area contributed by atoms with E-state index in [-0.39, 0.29) is 17.9 Å². The van der Waals surface area contributed by atoms with Crippen LogP contribution in [-0.4, -0.2) is 32.8 Å². The van der Waals surface area contributed by atoms with Crippen LogP contribution in [0.15, 0.2) is 36.4 Å². The molecule has 0 bridgehead atoms. The Hall–Kier alpha value is -2.89. The number of benzene rings is 2. The summed E-state index contributed by atoms with van der Waals surface area (Å²) in [6, 6.07) is 11.2. The Bertz CT molecular complexity index is 772. The molecule has 2 aromatic carbocycles. The lowest BCUT2D eigenvalue weighted by Gasteiger charge is -2.24. The topological polar surface area (TPSA) is 68.8 Å². The largest absolute Gasteiger partial charge is 0.493 e. The van der Waals surface area contributed by atoms with Gasteiger partial charge in [0.25, 0.3) is 0 Å². The number of anilines is 2. The predicted octanol–water partition coefficient (Wildman–Crippen LogP) is 4.10. The molecule has 2 N–H and O–H groups in total. The van der Waals surface area contributed by atoms with Crippen LogP contribution in [0.4, 0.5) is 11.4 Å². The monoisotopic (exact) mass is 372 g/mol. The number of rotatable bonds is 7. The Morgan fingerprint density at radius 2 is 1.48 bits per heavy atom. The molecule has 0 aliphatic heterocycles. The number of carbonyl (C=O) groups excluding carboxylic acids is 1. The standard InChI is InChI=1S/C21H28N2O4/c1-21(2,3)23-16-10-8-7-9-15(16)22-19(24)13-14-11-17(25-4)20(27-6)18(12-14)26-5/h7-12,23H,13H2,1-6H3,(H,22,24). The molecule has 6 heteroatoms. The molecule has 0 aliphatic rings. The molecule has 0 saturated carbocycles. The summed E-state index contributed by atoms with van der Waals surface area (Å²) in [5, 5.41) is 6.37. The highest BCUT2D eigenvalue weighted by molar-refractivity contribution is 5.95. The van der Waals surface area contributed by atoms with E-state index in [1.165, 1.54) is 0 Å². The van der Waals surface area contributed by atoms with Gasteiger partial charge in [0.05, 0.1) is 39.1 Å². The normalized spacial score (nSPS) is 10.9. The quantitative estimate of drug-likeness (QED) is 0.766. The number of carbonyl (C=O) groups is 1. The van der Waals surface area contributed by atoms with Gasteiger partial charge in [-0.25, -0.2) is 0 Å². The molecule has 2 rings (SSSR count). The van der Waals surface area contributed by atoms with Crippen molar-refractivity contribution in [2.75, 3.05) is 32.0 Å². The van der Waals surface area contributed by atoms with Crippen molar-refractivity contribution in [1.82, 2.24) is 0 Å². The highest BCUT2D eigenvalue weighted by Crippen LogP contribution is 2.38. The molecule has 1 amide bonds. The fourth-order valence-corrected chi connectivity index (χ4v) is 2.72. The van der Waals surface area contributed by atoms with Gasteiger partial charge in [0, 0.05) is 5.54 Å². The number of methoxy groups -OCH3 is 3. The highest BCUT2D eigenvalue weighted by Gasteiger charge is 2.16. The van der Waals surface area contributed by atoms with E-state index >= 15 is 0 Å². The van der Waals surface area contributed by atoms with Crippen molar-refractivity contribution in [2.24, 2.45) is 0 Å². The lowest BCUT2D eigenvalue weighted by Crippen LogP contribution is -2.27. The Balaban J connectivity index is 2.20. The third kappa shape index (κ3) is 5.54. The summed E-state index contributed by atoms with van der Waals surface area (Å²) >= 11 is 0. The van der Waals surface area contributed by atoms with Crippen LogP contribution in [0.2, 0.25) is 0 Å². The molecule has 0 atom stereocenters. The molecule has 146 valence electrons. The lowest BCUT2D eigenvalue weighted by molar-refractivity contribution is -0.115. The van der Waals surface area contributed by atoms with Gasteiger partial charge < -0.3 is 24.8 Å². The molecule has 2 aromatic rings. The second kappa shape index (κ2) is 8.66. The van der Waals surface area contributed by atoms with Crippen LogP contribution in [0, 0.1) is 0 Å². The Morgan fingerprint density at radius 3 is 1.96 bits per heavy atom. The molecule has 0 heterocycles. The van der Waals surface area contributed by atoms with E-state index < -0.39 is 0 Å². The second-order valence-electron chi connectivity index (χ2n) is 7.18. The molecule has 0 aromatic heterocycles. The molecule has 0 spiro atoms. The van der Waals surface area contributed by atoms with Crippen LogP contribution in [0.5, 0.6) is 17.2 Å². The summed E-state index contributed by atoms with van der Waals surface area (Å²) < 4.78 is 16.0. The first-order valence-electron chi connectivity index (χ1n) is 8.73. The van der Waals surface area contributed by atoms with Crippen LogP contribution in [0.25, 0.3) is 0 Å². The molecule has 0 aliphatic carbocycles. The van der Waals surface area contributed by atoms with Crippen LogP contribution in [0.1, 0.15) is 26.3 Å². The summed E-state index contributed by atoms with van der Waals surface area (Å²) in [5.74, 6) is 1.42. The van der Waals surface area contributed by atoms with E-state index in [2.05, 4.69) is 31.4 Å². The number of nitrogens with one attached hydrogen (secondary N) is 2. The minimum atomic E-state index is -0.132. The van der Waals surface area contributed by atoms with Gasteiger partial charge in [-0.3, -0.25) is 4.79 Å². The minimum absolute atomic E-state index is 0.114. The van der Waals surface area contributed by atoms with Crippen molar-refractivity contribution < 1.29 is 19.0 Å². The third-order valence-corrected chi connectivity index (χ3v) is 3.80. The fourth-order valence-electron chi connectivity index (χ4n) is 2.72. The molecule has 0 fully saturated rings. The van der Waals surface area contributed by atoms with E-state index in [0.717, 1.165) is 16.9 Å². The molecule has 27 heavy (non-hydrogen) atoms. The van der Waals surface area contributed by atoms with Gasteiger partial charge >= 0.3 is 0 Å². The third-order valence-electron chi connectivity index (χ3n) is 3.80. The first-order chi connectivity index (χ1) is 12.8. The highest BCUT2D eigenvalue weighted by atomic mass is 16.5. The zero-order chi connectivity index (χ0) is 20.0. The number of para-hydroxylation sites is 2. The molecular formula is C21H28N2O4. The second-order valence-corrected chi connectivity index (χ2v) is 7.18. The van der Waals surface area contributed by atoms with Crippen molar-refractivity contribution in [3.8, 4) is 17.2 Å². The summed E-state index contributed by atoms with van der Waals surface area (Å²) in [7, 11) is 4.65. The molecular weight excluding hydrogens is 344 g/mol. The Morgan fingerprint density at radius 1 is 0.926 bits per heavy atom. The van der Waals surface area contributed by atoms with Gasteiger partial charge in [-0.05, 0) is 50.6 Å². The average molecular weight is 372 g/mol. The van der Waals surface area contributed by atoms with Crippen molar-refractivity contribution in [3.05, 3.63) is 42.0 Å². The number of ether oxygens (including phenoxy) is 3. The van der Waals surface area contributed by atoms with Gasteiger partial charge in [-0.2, -0.15) is 0 Å². The van der Waals surface area contributed by atoms with Crippen molar-refractivity contribution in [3.63, 3.8) is 0 Å². The predicted molar refractivity (Wildman–Crippen MR) is 108 cm³/mol. The minimum Gasteiger partial charge on any atom is -0.493 e. The zero-order valence-electron chi connectivity index (χ0n) is 16.8. The number of hydrogen-bond donors (Lipinski definition) is 2. The van der Waals surface area contributed by atoms with Gasteiger partial charge in [-0.15, -0.1) is 0 Å². The van der Waals surface area contributed by atoms with Gasteiger partial charge in [0.1, 0.15) is 0 Å². The maximum atomic E-state index is 12.6. The van der Waals surface area contributed by atoms with Crippen molar-refractivity contribution in [1.29, 1.82) is 0 Å². The summed E-state index contributed by atoms with van der Waals surface area (Å²) in [5.41, 5.74) is 2.27. The number of hydrogen-bond acceptors (Lipinski definition) is 5. The van der Waals surface area contributed by atoms with Crippen LogP contribution < -0.4 is 24.8 Å². The van der Waals surface area contributed by atoms with Crippen molar-refractivity contribution in [2.45, 2.75) is 32.7 Å². The zero-order valence-corrected chi connectivity index (χ0v) is 16.8. The van der Waals surface area contributed by atoms with Gasteiger partial charge in [0.2, 0.25) is 11.7 Å². The van der Waals surface area contributed by atoms with E-state index in [1.54, 1.807) is 33.5 Å². The van der Waals surface area contributed by atoms with Gasteiger partial charge in [-0.1, -0.05) is 12.1 Å². The SMILES string of the molecule is COc1cc(CC(=O)Nc2ccccc2NC(C)(C)C)cc(OC)c1OC. The van der Waals surface area contributed by atoms with E-state index in [0.29, 0.717) is 17.2 Å². The molecule has 6 nitrogen and oxygen atoms in total. The van der Waals surface area contributed by atoms with E-state index in [1.807, 2.05) is 24.3 Å². The lowest BCUT2D eigenvalue weighted by atomic mass is 10.1. The van der Waals surface area contributed by atoms with Crippen LogP contribution in [0.3, 0.4) is 0 Å². The molecule has 0 unspecified atom stereocenters. The first-order valence-corrected chi connectivity index (χ1v) is 8.73. The average Bonchev–Trinajstić information content (AvgIpc) is 2.61. The fraction of sp³-hybridized carbons (Fsp3) is 0.381. The first kappa shape index (κ1) is 20.4. The molecule has 0 radical (unpaired) electrons. The summed E-state index contributed by atoms with van der Waals surface area (Å²) in [6.45, 7) is 6.21. The van der Waals surface area contributed by atoms with Gasteiger partial charge in [0.15, 0.2) is 11.5 Å². The summed E-state index contributed by atoms with van der Waals surface area (Å²) in [6.07, 6.45) is 0.181.